The van der Waals surface area contributed by atoms with Crippen molar-refractivity contribution in [3.63, 3.8) is 0 Å². The van der Waals surface area contributed by atoms with E-state index in [4.69, 9.17) is 4.52 Å². The van der Waals surface area contributed by atoms with Crippen LogP contribution >= 0.6 is 0 Å². The molecule has 4 rings (SSSR count). The Kier molecular flexibility index (Phi) is 4.81. The molecule has 1 amide bonds. The molecule has 1 aliphatic rings. The first kappa shape index (κ1) is 18.1. The zero-order valence-corrected chi connectivity index (χ0v) is 14.6. The van der Waals surface area contributed by atoms with E-state index < -0.39 is 28.9 Å². The minimum absolute atomic E-state index is 0.177. The van der Waals surface area contributed by atoms with Crippen LogP contribution < -0.4 is 0 Å². The topological polar surface area (TPSA) is 72.1 Å². The van der Waals surface area contributed by atoms with Crippen molar-refractivity contribution >= 4 is 5.91 Å². The first-order chi connectivity index (χ1) is 13.5. The van der Waals surface area contributed by atoms with Gasteiger partial charge in [0, 0.05) is 37.3 Å². The maximum absolute atomic E-state index is 14.0. The lowest BCUT2D eigenvalue weighted by atomic mass is 9.96. The van der Waals surface area contributed by atoms with Crippen molar-refractivity contribution in [3.8, 4) is 11.6 Å². The number of carbonyl (C=O) groups is 1. The summed E-state index contributed by atoms with van der Waals surface area (Å²) >= 11 is 0. The van der Waals surface area contributed by atoms with Gasteiger partial charge in [0.1, 0.15) is 28.7 Å². The molecular weight excluding hydrogens is 373 g/mol. The van der Waals surface area contributed by atoms with Gasteiger partial charge >= 0.3 is 0 Å². The number of hydrogen-bond acceptors (Lipinski definition) is 5. The average molecular weight is 388 g/mol. The molecule has 1 aromatic carbocycles. The number of benzene rings is 1. The molecule has 0 bridgehead atoms. The van der Waals surface area contributed by atoms with E-state index in [9.17, 15) is 18.0 Å². The number of amides is 1. The molecule has 0 N–H and O–H groups in total. The average Bonchev–Trinajstić information content (AvgIpc) is 3.18. The number of nitrogens with zero attached hydrogens (tertiary/aromatic N) is 4. The van der Waals surface area contributed by atoms with Gasteiger partial charge in [0.05, 0.1) is 0 Å². The highest BCUT2D eigenvalue weighted by Crippen LogP contribution is 2.28. The highest BCUT2D eigenvalue weighted by atomic mass is 19.1. The van der Waals surface area contributed by atoms with E-state index in [-0.39, 0.29) is 18.4 Å². The van der Waals surface area contributed by atoms with Crippen LogP contribution in [0.1, 0.15) is 34.9 Å². The molecular formula is C19H15F3N4O2. The minimum Gasteiger partial charge on any atom is -0.338 e. The normalized spacial score (nSPS) is 17.0. The molecule has 9 heteroatoms. The Morgan fingerprint density at radius 1 is 1.18 bits per heavy atom. The lowest BCUT2D eigenvalue weighted by Gasteiger charge is -2.31. The fraction of sp³-hybridized carbons (Fsp3) is 0.263. The summed E-state index contributed by atoms with van der Waals surface area (Å²) in [5.41, 5.74) is -0.232. The van der Waals surface area contributed by atoms with Crippen LogP contribution in [0.2, 0.25) is 0 Å². The van der Waals surface area contributed by atoms with Crippen molar-refractivity contribution in [3.05, 3.63) is 65.4 Å². The number of aromatic nitrogens is 3. The maximum atomic E-state index is 14.0. The molecule has 1 atom stereocenters. The van der Waals surface area contributed by atoms with Gasteiger partial charge in [-0.3, -0.25) is 9.78 Å². The molecule has 3 heterocycles. The van der Waals surface area contributed by atoms with Crippen molar-refractivity contribution in [2.45, 2.75) is 18.8 Å². The van der Waals surface area contributed by atoms with Crippen LogP contribution in [0, 0.1) is 17.5 Å². The lowest BCUT2D eigenvalue weighted by molar-refractivity contribution is 0.0693. The second-order valence-electron chi connectivity index (χ2n) is 6.51. The third kappa shape index (κ3) is 3.47. The number of hydrogen-bond donors (Lipinski definition) is 0. The maximum Gasteiger partial charge on any atom is 0.276 e. The number of halogens is 3. The highest BCUT2D eigenvalue weighted by Gasteiger charge is 2.31. The van der Waals surface area contributed by atoms with Crippen LogP contribution in [0.4, 0.5) is 13.2 Å². The highest BCUT2D eigenvalue weighted by molar-refractivity contribution is 5.94. The monoisotopic (exact) mass is 388 g/mol. The van der Waals surface area contributed by atoms with Gasteiger partial charge in [0.25, 0.3) is 11.8 Å². The Morgan fingerprint density at radius 2 is 1.96 bits per heavy atom. The number of pyridine rings is 1. The van der Waals surface area contributed by atoms with Gasteiger partial charge < -0.3 is 9.42 Å². The Labute approximate surface area is 158 Å². The molecule has 0 saturated carbocycles. The van der Waals surface area contributed by atoms with E-state index in [1.54, 1.807) is 24.4 Å². The number of likely N-dealkylation sites (tertiary alicyclic amines) is 1. The molecule has 3 aromatic rings. The largest absolute Gasteiger partial charge is 0.338 e. The van der Waals surface area contributed by atoms with Gasteiger partial charge in [-0.05, 0) is 25.0 Å². The van der Waals surface area contributed by atoms with Crippen molar-refractivity contribution < 1.29 is 22.5 Å². The van der Waals surface area contributed by atoms with Crippen LogP contribution in [0.25, 0.3) is 11.6 Å². The van der Waals surface area contributed by atoms with Gasteiger partial charge in [-0.25, -0.2) is 13.2 Å². The van der Waals surface area contributed by atoms with Crippen molar-refractivity contribution in [2.75, 3.05) is 13.1 Å². The fourth-order valence-electron chi connectivity index (χ4n) is 3.27. The number of carbonyl (C=O) groups excluding carboxylic acids is 1. The Hall–Kier alpha value is -3.23. The Morgan fingerprint density at radius 3 is 2.68 bits per heavy atom. The Bertz CT molecular complexity index is 986. The second-order valence-corrected chi connectivity index (χ2v) is 6.51. The van der Waals surface area contributed by atoms with Crippen LogP contribution in [0.5, 0.6) is 0 Å². The van der Waals surface area contributed by atoms with Crippen LogP contribution in [0.3, 0.4) is 0 Å². The lowest BCUT2D eigenvalue weighted by Crippen LogP contribution is -2.40. The first-order valence-corrected chi connectivity index (χ1v) is 8.72. The van der Waals surface area contributed by atoms with Crippen LogP contribution in [-0.4, -0.2) is 39.0 Å². The third-order valence-corrected chi connectivity index (χ3v) is 4.62. The zero-order valence-electron chi connectivity index (χ0n) is 14.6. The summed E-state index contributed by atoms with van der Waals surface area (Å²) in [6.45, 7) is 0.507. The van der Waals surface area contributed by atoms with E-state index in [0.29, 0.717) is 43.0 Å². The summed E-state index contributed by atoms with van der Waals surface area (Å²) in [6.07, 6.45) is 2.90. The van der Waals surface area contributed by atoms with Gasteiger partial charge in [0.2, 0.25) is 0 Å². The predicted octanol–water partition coefficient (Wildman–Crippen LogP) is 3.57. The molecule has 1 saturated heterocycles. The van der Waals surface area contributed by atoms with Crippen molar-refractivity contribution in [1.82, 2.24) is 20.0 Å². The molecule has 0 spiro atoms. The molecule has 0 aliphatic carbocycles. The van der Waals surface area contributed by atoms with Crippen LogP contribution in [0.15, 0.2) is 41.1 Å². The van der Waals surface area contributed by atoms with Crippen molar-refractivity contribution in [1.29, 1.82) is 0 Å². The number of piperidine rings is 1. The third-order valence-electron chi connectivity index (χ3n) is 4.62. The van der Waals surface area contributed by atoms with Crippen LogP contribution in [-0.2, 0) is 0 Å². The first-order valence-electron chi connectivity index (χ1n) is 8.72. The molecule has 28 heavy (non-hydrogen) atoms. The second kappa shape index (κ2) is 7.41. The van der Waals surface area contributed by atoms with Gasteiger partial charge in [-0.1, -0.05) is 11.2 Å². The molecule has 2 aromatic heterocycles. The SMILES string of the molecule is O=C(c1c(F)cc(F)cc1F)N1CCCC(c2noc(-c3ccccn3)n2)C1. The van der Waals surface area contributed by atoms with Crippen molar-refractivity contribution in [2.24, 2.45) is 0 Å². The zero-order chi connectivity index (χ0) is 19.7. The molecule has 1 aliphatic heterocycles. The van der Waals surface area contributed by atoms with E-state index >= 15 is 0 Å². The van der Waals surface area contributed by atoms with E-state index in [0.717, 1.165) is 0 Å². The number of rotatable bonds is 3. The summed E-state index contributed by atoms with van der Waals surface area (Å²) in [4.78, 5) is 22.4. The summed E-state index contributed by atoms with van der Waals surface area (Å²) in [5, 5.41) is 3.97. The summed E-state index contributed by atoms with van der Waals surface area (Å²) in [7, 11) is 0. The summed E-state index contributed by atoms with van der Waals surface area (Å²) in [5.74, 6) is -3.92. The van der Waals surface area contributed by atoms with E-state index in [1.165, 1.54) is 4.90 Å². The predicted molar refractivity (Wildman–Crippen MR) is 91.7 cm³/mol. The molecule has 0 radical (unpaired) electrons. The minimum atomic E-state index is -1.22. The molecule has 6 nitrogen and oxygen atoms in total. The van der Waals surface area contributed by atoms with E-state index in [2.05, 4.69) is 15.1 Å². The molecule has 144 valence electrons. The van der Waals surface area contributed by atoms with Gasteiger partial charge in [-0.15, -0.1) is 0 Å². The summed E-state index contributed by atoms with van der Waals surface area (Å²) in [6, 6.07) is 6.28. The smallest absolute Gasteiger partial charge is 0.276 e. The van der Waals surface area contributed by atoms with Gasteiger partial charge in [-0.2, -0.15) is 4.98 Å². The quantitative estimate of drug-likeness (QED) is 0.686. The summed E-state index contributed by atoms with van der Waals surface area (Å²) < 4.78 is 46.3. The standard InChI is InChI=1S/C19H15F3N4O2/c20-12-8-13(21)16(14(22)9-12)19(27)26-7-3-4-11(10-26)17-24-18(28-25-17)15-5-1-2-6-23-15/h1-2,5-6,8-9,11H,3-4,7,10H2. The molecule has 1 fully saturated rings. The molecule has 1 unspecified atom stereocenters. The fourth-order valence-corrected chi connectivity index (χ4v) is 3.27. The van der Waals surface area contributed by atoms with E-state index in [1.807, 2.05) is 0 Å². The Balaban J connectivity index is 1.54. The van der Waals surface area contributed by atoms with Gasteiger partial charge in [0.15, 0.2) is 5.82 Å².